The first kappa shape index (κ1) is 21.7. The summed E-state index contributed by atoms with van der Waals surface area (Å²) < 4.78 is 25.9. The summed E-state index contributed by atoms with van der Waals surface area (Å²) in [6, 6.07) is 8.13. The Bertz CT molecular complexity index is 1070. The molecule has 2 atom stereocenters. The Kier molecular flexibility index (Phi) is 5.79. The van der Waals surface area contributed by atoms with Crippen LogP contribution in [0.5, 0.6) is 0 Å². The molecule has 30 heavy (non-hydrogen) atoms. The van der Waals surface area contributed by atoms with Gasteiger partial charge in [-0.2, -0.15) is 0 Å². The highest BCUT2D eigenvalue weighted by Crippen LogP contribution is 2.40. The zero-order valence-electron chi connectivity index (χ0n) is 17.1. The van der Waals surface area contributed by atoms with Crippen molar-refractivity contribution in [3.63, 3.8) is 0 Å². The van der Waals surface area contributed by atoms with Crippen molar-refractivity contribution in [2.24, 2.45) is 11.3 Å². The fraction of sp³-hybridized carbons (Fsp3) is 0.333. The highest BCUT2D eigenvalue weighted by atomic mass is 19.1. The van der Waals surface area contributed by atoms with Crippen molar-refractivity contribution in [3.8, 4) is 0 Å². The molecule has 0 saturated carbocycles. The van der Waals surface area contributed by atoms with Gasteiger partial charge in [-0.1, -0.05) is 6.92 Å². The molecule has 4 rings (SSSR count). The number of fused-ring (bicyclic) bond motifs is 2. The van der Waals surface area contributed by atoms with Crippen LogP contribution in [0.1, 0.15) is 59.0 Å². The van der Waals surface area contributed by atoms with Crippen molar-refractivity contribution in [1.82, 2.24) is 0 Å². The molecule has 2 aromatic carbocycles. The largest absolute Gasteiger partial charge is 0.299 e. The van der Waals surface area contributed by atoms with E-state index in [1.165, 1.54) is 50.2 Å². The molecular weight excluding hydrogens is 390 g/mol. The molecule has 6 heteroatoms. The number of Topliss-reactive ketones (excluding diaryl/α,β-unsaturated/α-hetero) is 4. The molecule has 2 aromatic rings. The van der Waals surface area contributed by atoms with E-state index in [-0.39, 0.29) is 34.8 Å². The lowest BCUT2D eigenvalue weighted by atomic mass is 9.78. The lowest BCUT2D eigenvalue weighted by Gasteiger charge is -2.21. The van der Waals surface area contributed by atoms with Crippen molar-refractivity contribution < 1.29 is 28.0 Å². The molecule has 0 radical (unpaired) electrons. The van der Waals surface area contributed by atoms with Crippen LogP contribution in [0.3, 0.4) is 0 Å². The molecule has 156 valence electrons. The van der Waals surface area contributed by atoms with E-state index >= 15 is 0 Å². The van der Waals surface area contributed by atoms with Crippen molar-refractivity contribution in [2.45, 2.75) is 40.0 Å². The number of carbonyl (C=O) groups excluding carboxylic acids is 4. The Morgan fingerprint density at radius 3 is 2.07 bits per heavy atom. The monoisotopic (exact) mass is 412 g/mol. The van der Waals surface area contributed by atoms with Crippen LogP contribution in [0.2, 0.25) is 0 Å². The van der Waals surface area contributed by atoms with Crippen LogP contribution >= 0.6 is 0 Å². The van der Waals surface area contributed by atoms with E-state index in [0.717, 1.165) is 0 Å². The van der Waals surface area contributed by atoms with E-state index in [1.807, 2.05) is 6.92 Å². The Morgan fingerprint density at radius 1 is 0.967 bits per heavy atom. The van der Waals surface area contributed by atoms with Gasteiger partial charge in [0.05, 0.1) is 11.3 Å². The quantitative estimate of drug-likeness (QED) is 0.704. The molecule has 2 aliphatic carbocycles. The smallest absolute Gasteiger partial charge is 0.176 e. The lowest BCUT2D eigenvalue weighted by Crippen LogP contribution is -2.34. The van der Waals surface area contributed by atoms with Gasteiger partial charge in [-0.05, 0) is 80.6 Å². The van der Waals surface area contributed by atoms with E-state index in [0.29, 0.717) is 41.5 Å². The van der Waals surface area contributed by atoms with Crippen molar-refractivity contribution in [3.05, 3.63) is 70.3 Å². The van der Waals surface area contributed by atoms with E-state index in [2.05, 4.69) is 0 Å². The maximum atomic E-state index is 13.0. The summed E-state index contributed by atoms with van der Waals surface area (Å²) in [5.74, 6) is -1.91. The van der Waals surface area contributed by atoms with Crippen LogP contribution in [0.15, 0.2) is 36.4 Å². The van der Waals surface area contributed by atoms with Crippen LogP contribution in [0, 0.1) is 23.0 Å². The number of hydrogen-bond acceptors (Lipinski definition) is 4. The van der Waals surface area contributed by atoms with Gasteiger partial charge < -0.3 is 0 Å². The van der Waals surface area contributed by atoms with Crippen molar-refractivity contribution in [1.29, 1.82) is 0 Å². The predicted molar refractivity (Wildman–Crippen MR) is 106 cm³/mol. The van der Waals surface area contributed by atoms with Crippen molar-refractivity contribution >= 4 is 23.1 Å². The minimum Gasteiger partial charge on any atom is -0.299 e. The molecule has 0 fully saturated rings. The number of benzene rings is 2. The standard InChI is InChI=1S/C13H13FO2.C11H9FO2/c1-3-13(8(2)15)7-9-6-10(14)4-5-11(9)12(13)16;1-6(13)10-5-7-4-8(12)2-3-9(7)11(10)14/h4-6H,3,7H2,1-2H3;2-4,10H,5H2,1H3. The van der Waals surface area contributed by atoms with Gasteiger partial charge in [0, 0.05) is 11.1 Å². The fourth-order valence-corrected chi connectivity index (χ4v) is 4.21. The van der Waals surface area contributed by atoms with Gasteiger partial charge in [0.1, 0.15) is 23.2 Å². The average molecular weight is 412 g/mol. The first-order valence-electron chi connectivity index (χ1n) is 9.78. The van der Waals surface area contributed by atoms with Crippen LogP contribution in [0.4, 0.5) is 8.78 Å². The molecule has 0 saturated heterocycles. The van der Waals surface area contributed by atoms with E-state index in [9.17, 15) is 28.0 Å². The van der Waals surface area contributed by atoms with Gasteiger partial charge >= 0.3 is 0 Å². The Labute approximate surface area is 173 Å². The fourth-order valence-electron chi connectivity index (χ4n) is 4.21. The molecule has 0 spiro atoms. The van der Waals surface area contributed by atoms with Gasteiger partial charge in [0.2, 0.25) is 0 Å². The highest BCUT2D eigenvalue weighted by Gasteiger charge is 2.47. The molecule has 2 unspecified atom stereocenters. The van der Waals surface area contributed by atoms with Gasteiger partial charge in [0.15, 0.2) is 11.6 Å². The maximum absolute atomic E-state index is 13.0. The molecule has 2 aliphatic rings. The molecule has 0 aromatic heterocycles. The highest BCUT2D eigenvalue weighted by molar-refractivity contribution is 6.17. The second kappa shape index (κ2) is 8.01. The van der Waals surface area contributed by atoms with Crippen LogP contribution in [-0.4, -0.2) is 23.1 Å². The Hall–Kier alpha value is -3.02. The Morgan fingerprint density at radius 2 is 1.53 bits per heavy atom. The van der Waals surface area contributed by atoms with E-state index in [1.54, 1.807) is 0 Å². The zero-order valence-corrected chi connectivity index (χ0v) is 17.1. The predicted octanol–water partition coefficient (Wildman–Crippen LogP) is 4.32. The average Bonchev–Trinajstić information content (AvgIpc) is 3.16. The molecule has 0 N–H and O–H groups in total. The third kappa shape index (κ3) is 3.62. The zero-order chi connectivity index (χ0) is 22.2. The molecule has 0 amide bonds. The topological polar surface area (TPSA) is 68.3 Å². The van der Waals surface area contributed by atoms with Gasteiger partial charge in [0.25, 0.3) is 0 Å². The number of halogens is 2. The Balaban J connectivity index is 0.000000172. The SMILES string of the molecule is CC(=O)C1Cc2cc(F)ccc2C1=O.CCC1(C(C)=O)Cc2cc(F)ccc2C1=O. The molecule has 4 nitrogen and oxygen atoms in total. The summed E-state index contributed by atoms with van der Waals surface area (Å²) in [6.07, 6.45) is 1.16. The second-order valence-electron chi connectivity index (χ2n) is 7.83. The number of hydrogen-bond donors (Lipinski definition) is 0. The first-order chi connectivity index (χ1) is 14.1. The number of ketones is 4. The third-order valence-corrected chi connectivity index (χ3v) is 6.08. The summed E-state index contributed by atoms with van der Waals surface area (Å²) in [5, 5.41) is 0. The van der Waals surface area contributed by atoms with E-state index < -0.39 is 11.3 Å². The van der Waals surface area contributed by atoms with Gasteiger partial charge in [-0.15, -0.1) is 0 Å². The molecule has 0 aliphatic heterocycles. The lowest BCUT2D eigenvalue weighted by molar-refractivity contribution is -0.124. The van der Waals surface area contributed by atoms with Crippen LogP contribution < -0.4 is 0 Å². The summed E-state index contributed by atoms with van der Waals surface area (Å²) >= 11 is 0. The number of rotatable bonds is 3. The van der Waals surface area contributed by atoms with Crippen LogP contribution in [-0.2, 0) is 22.4 Å². The minimum atomic E-state index is -0.948. The number of carbonyl (C=O) groups is 4. The molecular formula is C24H22F2O4. The normalized spacial score (nSPS) is 21.6. The summed E-state index contributed by atoms with van der Waals surface area (Å²) in [7, 11) is 0. The second-order valence-corrected chi connectivity index (χ2v) is 7.83. The third-order valence-electron chi connectivity index (χ3n) is 6.08. The minimum absolute atomic E-state index is 0.128. The van der Waals surface area contributed by atoms with Gasteiger partial charge in [-0.25, -0.2) is 8.78 Å². The summed E-state index contributed by atoms with van der Waals surface area (Å²) in [6.45, 7) is 4.65. The first-order valence-corrected chi connectivity index (χ1v) is 9.78. The van der Waals surface area contributed by atoms with E-state index in [4.69, 9.17) is 0 Å². The molecule has 0 heterocycles. The van der Waals surface area contributed by atoms with Crippen LogP contribution in [0.25, 0.3) is 0 Å². The maximum Gasteiger partial charge on any atom is 0.176 e. The van der Waals surface area contributed by atoms with Gasteiger partial charge in [-0.3, -0.25) is 19.2 Å². The summed E-state index contributed by atoms with van der Waals surface area (Å²) in [5.41, 5.74) is 1.35. The summed E-state index contributed by atoms with van der Waals surface area (Å²) in [4.78, 5) is 46.5. The van der Waals surface area contributed by atoms with Crippen molar-refractivity contribution in [2.75, 3.05) is 0 Å². The molecule has 0 bridgehead atoms.